The van der Waals surface area contributed by atoms with Crippen molar-refractivity contribution < 1.29 is 14.0 Å². The Labute approximate surface area is 177 Å². The molecule has 0 heterocycles. The molecule has 148 valence electrons. The van der Waals surface area contributed by atoms with Crippen LogP contribution >= 0.6 is 23.4 Å². The Morgan fingerprint density at radius 1 is 1.00 bits per heavy atom. The highest BCUT2D eigenvalue weighted by atomic mass is 35.5. The lowest BCUT2D eigenvalue weighted by atomic mass is 10.2. The van der Waals surface area contributed by atoms with Crippen molar-refractivity contribution in [1.82, 2.24) is 0 Å². The van der Waals surface area contributed by atoms with Crippen LogP contribution in [0.2, 0.25) is 5.02 Å². The predicted octanol–water partition coefficient (Wildman–Crippen LogP) is 5.77. The monoisotopic (exact) mass is 428 g/mol. The number of anilines is 2. The van der Waals surface area contributed by atoms with Crippen LogP contribution in [0.4, 0.5) is 15.8 Å². The predicted molar refractivity (Wildman–Crippen MR) is 116 cm³/mol. The fourth-order valence-electron chi connectivity index (χ4n) is 2.53. The third-order valence-electron chi connectivity index (χ3n) is 4.04. The smallest absolute Gasteiger partial charge is 0.255 e. The Morgan fingerprint density at radius 3 is 2.52 bits per heavy atom. The third-order valence-corrected chi connectivity index (χ3v) is 5.27. The molecule has 0 aliphatic rings. The summed E-state index contributed by atoms with van der Waals surface area (Å²) in [5.74, 6) is -0.671. The molecular formula is C22H18ClFN2O2S. The summed E-state index contributed by atoms with van der Waals surface area (Å²) in [4.78, 5) is 25.3. The number of halogens is 2. The van der Waals surface area contributed by atoms with Crippen LogP contribution < -0.4 is 10.6 Å². The zero-order valence-corrected chi connectivity index (χ0v) is 17.1. The summed E-state index contributed by atoms with van der Waals surface area (Å²) in [6.07, 6.45) is 0. The number of aryl methyl sites for hydroxylation is 1. The Balaban J connectivity index is 1.58. The van der Waals surface area contributed by atoms with E-state index in [2.05, 4.69) is 10.6 Å². The second kappa shape index (κ2) is 9.58. The summed E-state index contributed by atoms with van der Waals surface area (Å²) < 4.78 is 13.0. The number of carbonyl (C=O) groups excluding carboxylic acids is 2. The maximum atomic E-state index is 13.0. The standard InChI is InChI=1S/C22H18ClFN2O2S/c1-14-5-8-16(23)11-20(14)26-21(27)13-29-19-4-2-3-18(12-19)25-22(28)15-6-9-17(24)10-7-15/h2-12H,13H2,1H3,(H,25,28)(H,26,27). The Hall–Kier alpha value is -2.83. The molecule has 7 heteroatoms. The van der Waals surface area contributed by atoms with Gasteiger partial charge in [0.2, 0.25) is 5.91 Å². The molecule has 0 saturated heterocycles. The van der Waals surface area contributed by atoms with Gasteiger partial charge in [0.05, 0.1) is 5.75 Å². The lowest BCUT2D eigenvalue weighted by Crippen LogP contribution is -2.15. The van der Waals surface area contributed by atoms with Crippen LogP contribution in [0.1, 0.15) is 15.9 Å². The minimum absolute atomic E-state index is 0.152. The zero-order valence-electron chi connectivity index (χ0n) is 15.5. The minimum atomic E-state index is -0.397. The van der Waals surface area contributed by atoms with Crippen LogP contribution in [0.15, 0.2) is 71.6 Å². The molecule has 0 aliphatic carbocycles. The van der Waals surface area contributed by atoms with Crippen LogP contribution in [0.3, 0.4) is 0 Å². The van der Waals surface area contributed by atoms with Gasteiger partial charge in [-0.15, -0.1) is 11.8 Å². The van der Waals surface area contributed by atoms with E-state index in [1.165, 1.54) is 36.0 Å². The first-order valence-electron chi connectivity index (χ1n) is 8.76. The number of hydrogen-bond donors (Lipinski definition) is 2. The number of benzene rings is 3. The van der Waals surface area contributed by atoms with E-state index in [4.69, 9.17) is 11.6 Å². The van der Waals surface area contributed by atoms with Crippen LogP contribution in [-0.4, -0.2) is 17.6 Å². The minimum Gasteiger partial charge on any atom is -0.325 e. The molecule has 29 heavy (non-hydrogen) atoms. The van der Waals surface area contributed by atoms with Gasteiger partial charge in [-0.1, -0.05) is 23.7 Å². The van der Waals surface area contributed by atoms with E-state index in [0.29, 0.717) is 22.0 Å². The van der Waals surface area contributed by atoms with E-state index in [0.717, 1.165) is 10.5 Å². The highest BCUT2D eigenvalue weighted by molar-refractivity contribution is 8.00. The van der Waals surface area contributed by atoms with E-state index in [1.54, 1.807) is 30.3 Å². The number of amides is 2. The van der Waals surface area contributed by atoms with E-state index < -0.39 is 5.82 Å². The molecule has 0 fully saturated rings. The van der Waals surface area contributed by atoms with Crippen molar-refractivity contribution in [2.75, 3.05) is 16.4 Å². The van der Waals surface area contributed by atoms with Crippen LogP contribution in [0, 0.1) is 12.7 Å². The van der Waals surface area contributed by atoms with Gasteiger partial charge >= 0.3 is 0 Å². The summed E-state index contributed by atoms with van der Waals surface area (Å²) in [6.45, 7) is 1.90. The first-order chi connectivity index (χ1) is 13.9. The van der Waals surface area contributed by atoms with Gasteiger partial charge in [-0.05, 0) is 67.1 Å². The molecule has 0 radical (unpaired) electrons. The van der Waals surface area contributed by atoms with Crippen molar-refractivity contribution >= 4 is 46.6 Å². The van der Waals surface area contributed by atoms with Crippen molar-refractivity contribution in [3.63, 3.8) is 0 Å². The number of thioether (sulfide) groups is 1. The van der Waals surface area contributed by atoms with Crippen molar-refractivity contribution in [1.29, 1.82) is 0 Å². The highest BCUT2D eigenvalue weighted by Crippen LogP contribution is 2.24. The number of carbonyl (C=O) groups is 2. The molecule has 0 aromatic heterocycles. The van der Waals surface area contributed by atoms with Gasteiger partial charge < -0.3 is 10.6 Å². The van der Waals surface area contributed by atoms with E-state index in [-0.39, 0.29) is 17.6 Å². The topological polar surface area (TPSA) is 58.2 Å². The first kappa shape index (κ1) is 20.9. The maximum absolute atomic E-state index is 13.0. The summed E-state index contributed by atoms with van der Waals surface area (Å²) in [6, 6.07) is 17.8. The highest BCUT2D eigenvalue weighted by Gasteiger charge is 2.09. The van der Waals surface area contributed by atoms with E-state index >= 15 is 0 Å². The third kappa shape index (κ3) is 6.07. The molecule has 0 spiro atoms. The molecule has 0 bridgehead atoms. The molecule has 0 atom stereocenters. The van der Waals surface area contributed by atoms with Gasteiger partial charge in [-0.2, -0.15) is 0 Å². The fourth-order valence-corrected chi connectivity index (χ4v) is 3.46. The van der Waals surface area contributed by atoms with Crippen molar-refractivity contribution in [2.45, 2.75) is 11.8 Å². The van der Waals surface area contributed by atoms with Gasteiger partial charge in [0, 0.05) is 26.9 Å². The SMILES string of the molecule is Cc1ccc(Cl)cc1NC(=O)CSc1cccc(NC(=O)c2ccc(F)cc2)c1. The summed E-state index contributed by atoms with van der Waals surface area (Å²) in [7, 11) is 0. The first-order valence-corrected chi connectivity index (χ1v) is 10.1. The number of hydrogen-bond acceptors (Lipinski definition) is 3. The second-order valence-corrected chi connectivity index (χ2v) is 7.77. The average molecular weight is 429 g/mol. The average Bonchev–Trinajstić information content (AvgIpc) is 2.70. The molecule has 2 amide bonds. The van der Waals surface area contributed by atoms with Gasteiger partial charge in [0.15, 0.2) is 0 Å². The van der Waals surface area contributed by atoms with Gasteiger partial charge in [0.25, 0.3) is 5.91 Å². The van der Waals surface area contributed by atoms with Crippen LogP contribution in [0.5, 0.6) is 0 Å². The van der Waals surface area contributed by atoms with Gasteiger partial charge in [-0.25, -0.2) is 4.39 Å². The number of rotatable bonds is 6. The Bertz CT molecular complexity index is 1040. The fraction of sp³-hybridized carbons (Fsp3) is 0.0909. The molecule has 3 rings (SSSR count). The Morgan fingerprint density at radius 2 is 1.76 bits per heavy atom. The molecular weight excluding hydrogens is 411 g/mol. The molecule has 4 nitrogen and oxygen atoms in total. The quantitative estimate of drug-likeness (QED) is 0.490. The lowest BCUT2D eigenvalue weighted by Gasteiger charge is -2.10. The molecule has 0 unspecified atom stereocenters. The normalized spacial score (nSPS) is 10.4. The van der Waals surface area contributed by atoms with Crippen molar-refractivity contribution in [2.24, 2.45) is 0 Å². The largest absolute Gasteiger partial charge is 0.325 e. The lowest BCUT2D eigenvalue weighted by molar-refractivity contribution is -0.113. The maximum Gasteiger partial charge on any atom is 0.255 e. The molecule has 0 aliphatic heterocycles. The molecule has 3 aromatic carbocycles. The van der Waals surface area contributed by atoms with Gasteiger partial charge in [0.1, 0.15) is 5.82 Å². The van der Waals surface area contributed by atoms with Gasteiger partial charge in [-0.3, -0.25) is 9.59 Å². The van der Waals surface area contributed by atoms with E-state index in [9.17, 15) is 14.0 Å². The molecule has 0 saturated carbocycles. The summed E-state index contributed by atoms with van der Waals surface area (Å²) in [5.41, 5.74) is 2.57. The molecule has 2 N–H and O–H groups in total. The summed E-state index contributed by atoms with van der Waals surface area (Å²) in [5, 5.41) is 6.18. The number of nitrogens with one attached hydrogen (secondary N) is 2. The Kier molecular flexibility index (Phi) is 6.90. The van der Waals surface area contributed by atoms with E-state index in [1.807, 2.05) is 19.1 Å². The summed E-state index contributed by atoms with van der Waals surface area (Å²) >= 11 is 7.33. The van der Waals surface area contributed by atoms with Crippen LogP contribution in [-0.2, 0) is 4.79 Å². The van der Waals surface area contributed by atoms with Crippen molar-refractivity contribution in [3.8, 4) is 0 Å². The van der Waals surface area contributed by atoms with Crippen molar-refractivity contribution in [3.05, 3.63) is 88.7 Å². The second-order valence-electron chi connectivity index (χ2n) is 6.28. The van der Waals surface area contributed by atoms with Crippen LogP contribution in [0.25, 0.3) is 0 Å². The zero-order chi connectivity index (χ0) is 20.8. The molecule has 3 aromatic rings.